The van der Waals surface area contributed by atoms with Crippen molar-refractivity contribution >= 4 is 0 Å². The molecule has 0 aromatic heterocycles. The number of rotatable bonds is 0. The Bertz CT molecular complexity index is 0. The summed E-state index contributed by atoms with van der Waals surface area (Å²) in [6.45, 7) is 0. The van der Waals surface area contributed by atoms with Crippen molar-refractivity contribution < 1.29 is 204 Å². The Balaban J connectivity index is 0. The first kappa shape index (κ1) is 114. The third kappa shape index (κ3) is 82.8. The van der Waals surface area contributed by atoms with Crippen molar-refractivity contribution in [3.63, 3.8) is 0 Å². The van der Waals surface area contributed by atoms with Crippen molar-refractivity contribution in [3.8, 4) is 0 Å². The zero-order chi connectivity index (χ0) is 0. The van der Waals surface area contributed by atoms with Crippen LogP contribution in [0, 0.1) is 0 Å². The zero-order valence-electron chi connectivity index (χ0n) is 4.92. The van der Waals surface area contributed by atoms with E-state index in [1.54, 1.807) is 0 Å². The first-order chi connectivity index (χ1) is 0. The molecule has 0 aromatic carbocycles. The molecule has 0 saturated heterocycles. The summed E-state index contributed by atoms with van der Waals surface area (Å²) in [5.41, 5.74) is 0. The standard InChI is InChI=1S/11V. The van der Waals surface area contributed by atoms with Crippen LogP contribution in [0.25, 0.3) is 0 Å². The Labute approximate surface area is 199 Å². The van der Waals surface area contributed by atoms with Crippen molar-refractivity contribution in [1.82, 2.24) is 0 Å². The van der Waals surface area contributed by atoms with Crippen LogP contribution in [-0.2, 0) is 204 Å². The first-order valence-corrected chi connectivity index (χ1v) is 0. The summed E-state index contributed by atoms with van der Waals surface area (Å²) in [6.07, 6.45) is 0. The van der Waals surface area contributed by atoms with Crippen LogP contribution in [0.2, 0.25) is 0 Å². The number of hydrogen-bond donors (Lipinski definition) is 0. The van der Waals surface area contributed by atoms with Gasteiger partial charge in [0.25, 0.3) is 0 Å². The van der Waals surface area contributed by atoms with Gasteiger partial charge < -0.3 is 0 Å². The molecule has 0 fully saturated rings. The summed E-state index contributed by atoms with van der Waals surface area (Å²) in [5, 5.41) is 0. The van der Waals surface area contributed by atoms with Crippen LogP contribution in [0.1, 0.15) is 0 Å². The molecule has 0 aromatic rings. The molecule has 11 radical (unpaired) electrons. The van der Waals surface area contributed by atoms with Gasteiger partial charge in [-0.15, -0.1) is 0 Å². The van der Waals surface area contributed by atoms with Gasteiger partial charge in [-0.2, -0.15) is 0 Å². The maximum absolute atomic E-state index is 0. The summed E-state index contributed by atoms with van der Waals surface area (Å²) in [5.74, 6) is 0. The smallest absolute Gasteiger partial charge is 0 e. The molecule has 0 heterocycles. The minimum Gasteiger partial charge on any atom is 0 e. The summed E-state index contributed by atoms with van der Waals surface area (Å²) in [4.78, 5) is 0. The fourth-order valence-electron chi connectivity index (χ4n) is 0. The quantitative estimate of drug-likeness (QED) is 0.391. The van der Waals surface area contributed by atoms with Crippen LogP contribution in [0.15, 0.2) is 0 Å². The van der Waals surface area contributed by atoms with Gasteiger partial charge in [0.15, 0.2) is 0 Å². The Hall–Kier alpha value is 6.43. The second-order valence-electron chi connectivity index (χ2n) is 0. The molecule has 0 nitrogen and oxygen atoms in total. The molecule has 0 unspecified atom stereocenters. The van der Waals surface area contributed by atoms with Crippen LogP contribution in [0.3, 0.4) is 0 Å². The van der Waals surface area contributed by atoms with Gasteiger partial charge in [-0.25, -0.2) is 0 Å². The molecular formula is V11. The van der Waals surface area contributed by atoms with Gasteiger partial charge in [0.1, 0.15) is 0 Å². The summed E-state index contributed by atoms with van der Waals surface area (Å²) in [7, 11) is 0. The van der Waals surface area contributed by atoms with Crippen molar-refractivity contribution in [3.05, 3.63) is 0 Å². The fourth-order valence-corrected chi connectivity index (χ4v) is 0. The molecule has 0 amide bonds. The van der Waals surface area contributed by atoms with Gasteiger partial charge in [-0.05, 0) is 0 Å². The van der Waals surface area contributed by atoms with E-state index in [1.807, 2.05) is 0 Å². The van der Waals surface area contributed by atoms with Crippen molar-refractivity contribution in [2.45, 2.75) is 0 Å². The van der Waals surface area contributed by atoms with Crippen molar-refractivity contribution in [2.75, 3.05) is 0 Å². The van der Waals surface area contributed by atoms with E-state index >= 15 is 0 Å². The predicted molar refractivity (Wildman–Crippen MR) is 0 cm³/mol. The largest absolute Gasteiger partial charge is 0 e. The van der Waals surface area contributed by atoms with Gasteiger partial charge in [-0.1, -0.05) is 0 Å². The molecule has 11 heteroatoms. The second kappa shape index (κ2) is 94.6. The summed E-state index contributed by atoms with van der Waals surface area (Å²) < 4.78 is 0. The average Bonchev–Trinajstić information content (AvgIpc) is 0. The third-order valence-electron chi connectivity index (χ3n) is 0. The van der Waals surface area contributed by atoms with Gasteiger partial charge in [0, 0.05) is 204 Å². The minimum absolute atomic E-state index is 0. The Morgan fingerprint density at radius 1 is 0.0909 bits per heavy atom. The van der Waals surface area contributed by atoms with E-state index in [9.17, 15) is 0 Å². The van der Waals surface area contributed by atoms with E-state index in [2.05, 4.69) is 0 Å². The monoisotopic (exact) mass is 560 g/mol. The van der Waals surface area contributed by atoms with Crippen molar-refractivity contribution in [2.24, 2.45) is 0 Å². The van der Waals surface area contributed by atoms with Crippen LogP contribution >= 0.6 is 0 Å². The van der Waals surface area contributed by atoms with E-state index in [0.29, 0.717) is 0 Å². The Morgan fingerprint density at radius 3 is 0.0909 bits per heavy atom. The first-order valence-electron chi connectivity index (χ1n) is 0. The van der Waals surface area contributed by atoms with Crippen LogP contribution in [0.4, 0.5) is 0 Å². The fraction of sp³-hybridized carbons (Fsp3) is 0. The van der Waals surface area contributed by atoms with Crippen LogP contribution < -0.4 is 0 Å². The molecule has 0 aliphatic heterocycles. The van der Waals surface area contributed by atoms with E-state index in [-0.39, 0.29) is 204 Å². The maximum Gasteiger partial charge on any atom is 0 e. The van der Waals surface area contributed by atoms with Crippen LogP contribution in [0.5, 0.6) is 0 Å². The maximum atomic E-state index is 0. The second-order valence-corrected chi connectivity index (χ2v) is 0. The van der Waals surface area contributed by atoms with Gasteiger partial charge in [0.2, 0.25) is 0 Å². The van der Waals surface area contributed by atoms with Crippen molar-refractivity contribution in [1.29, 1.82) is 0 Å². The SMILES string of the molecule is [V].[V].[V].[V].[V].[V].[V].[V].[V].[V].[V]. The molecule has 0 spiro atoms. The molecular weight excluding hydrogens is 560 g/mol. The molecule has 0 bridgehead atoms. The third-order valence-corrected chi connectivity index (χ3v) is 0. The van der Waals surface area contributed by atoms with E-state index in [4.69, 9.17) is 0 Å². The average molecular weight is 560 g/mol. The molecule has 0 rings (SSSR count). The molecule has 55 valence electrons. The summed E-state index contributed by atoms with van der Waals surface area (Å²) in [6, 6.07) is 0. The van der Waals surface area contributed by atoms with E-state index in [1.165, 1.54) is 0 Å². The predicted octanol–water partition coefficient (Wildman–Crippen LogP) is -0.0275. The van der Waals surface area contributed by atoms with E-state index < -0.39 is 0 Å². The molecule has 0 atom stereocenters. The summed E-state index contributed by atoms with van der Waals surface area (Å²) >= 11 is 0. The number of hydrogen-bond acceptors (Lipinski definition) is 0. The van der Waals surface area contributed by atoms with E-state index in [0.717, 1.165) is 0 Å². The van der Waals surface area contributed by atoms with Gasteiger partial charge in [0.05, 0.1) is 0 Å². The molecule has 11 heavy (non-hydrogen) atoms. The molecule has 0 N–H and O–H groups in total. The van der Waals surface area contributed by atoms with Crippen LogP contribution in [-0.4, -0.2) is 0 Å². The zero-order valence-corrected chi connectivity index (χ0v) is 20.3. The topological polar surface area (TPSA) is 0 Å². The normalized spacial score (nSPS) is 0. The Morgan fingerprint density at radius 2 is 0.0909 bits per heavy atom. The molecule has 0 aliphatic carbocycles. The molecule has 0 saturated carbocycles. The van der Waals surface area contributed by atoms with Gasteiger partial charge in [-0.3, -0.25) is 0 Å². The Kier molecular flexibility index (Phi) is 979. The minimum atomic E-state index is 0. The van der Waals surface area contributed by atoms with Gasteiger partial charge >= 0.3 is 0 Å². The molecule has 0 aliphatic rings.